The van der Waals surface area contributed by atoms with Crippen molar-refractivity contribution < 1.29 is 61.8 Å². The van der Waals surface area contributed by atoms with Crippen LogP contribution in [-0.2, 0) is 86.4 Å². The van der Waals surface area contributed by atoms with E-state index in [0.717, 1.165) is 52.0 Å². The van der Waals surface area contributed by atoms with E-state index in [4.69, 9.17) is 29.2 Å². The van der Waals surface area contributed by atoms with Gasteiger partial charge in [-0.2, -0.15) is 0 Å². The zero-order valence-electron chi connectivity index (χ0n) is 51.5. The van der Waals surface area contributed by atoms with Gasteiger partial charge in [-0.05, 0) is 107 Å². The Bertz CT molecular complexity index is 2750. The average molecular weight is 1190 g/mol. The van der Waals surface area contributed by atoms with Crippen LogP contribution in [0.25, 0.3) is 0 Å². The molecule has 19 nitrogen and oxygen atoms in total. The van der Waals surface area contributed by atoms with Crippen LogP contribution < -0.4 is 31.5 Å². The number of ether oxygens (including phenoxy) is 2. The SMILES string of the molecule is CCc1cc(CO[Si](C)(C)C(C)(C)C)cc(N(C)C(=O)CCC(=O)CNC(=O)CNC(=O)OCc2ccccc2)c1.CCc1cc(CO[Si](C)(C)C(C)(C)C)cc(N(C)C(=O)CN)c1.O=C(O)CCC(=O)CNC(=O)OCc1ccccc1. The van der Waals surface area contributed by atoms with Gasteiger partial charge in [-0.25, -0.2) is 9.59 Å². The average Bonchev–Trinajstić information content (AvgIpc) is 3.59. The number of alkyl carbamates (subject to hydrolysis) is 2. The normalized spacial score (nSPS) is 11.3. The smallest absolute Gasteiger partial charge is 0.407 e. The van der Waals surface area contributed by atoms with Gasteiger partial charge in [-0.1, -0.05) is 128 Å². The lowest BCUT2D eigenvalue weighted by atomic mass is 10.1. The molecule has 456 valence electrons. The third-order valence-corrected chi connectivity index (χ3v) is 23.3. The summed E-state index contributed by atoms with van der Waals surface area (Å²) in [5.41, 5.74) is 13.2. The van der Waals surface area contributed by atoms with Crippen LogP contribution in [0.3, 0.4) is 0 Å². The number of nitrogens with one attached hydrogen (secondary N) is 3. The number of carboxylic acids is 1. The number of aryl methyl sites for hydroxylation is 2. The summed E-state index contributed by atoms with van der Waals surface area (Å²) in [5.74, 6) is -2.48. The molecule has 0 aliphatic heterocycles. The molecule has 0 saturated carbocycles. The van der Waals surface area contributed by atoms with Crippen molar-refractivity contribution in [3.05, 3.63) is 130 Å². The summed E-state index contributed by atoms with van der Waals surface area (Å²) in [6.07, 6.45) is -0.0229. The molecular weight excluding hydrogens is 1090 g/mol. The number of anilines is 2. The largest absolute Gasteiger partial charge is 0.481 e. The summed E-state index contributed by atoms with van der Waals surface area (Å²) < 4.78 is 22.6. The molecule has 0 aliphatic carbocycles. The Morgan fingerprint density at radius 1 is 0.494 bits per heavy atom. The van der Waals surface area contributed by atoms with E-state index in [1.165, 1.54) is 5.56 Å². The van der Waals surface area contributed by atoms with Gasteiger partial charge in [0.15, 0.2) is 28.2 Å². The van der Waals surface area contributed by atoms with E-state index in [1.807, 2.05) is 84.9 Å². The van der Waals surface area contributed by atoms with E-state index in [1.54, 1.807) is 23.9 Å². The highest BCUT2D eigenvalue weighted by molar-refractivity contribution is 6.74. The minimum Gasteiger partial charge on any atom is -0.481 e. The molecule has 6 N–H and O–H groups in total. The maximum absolute atomic E-state index is 12.9. The van der Waals surface area contributed by atoms with Crippen LogP contribution in [0.4, 0.5) is 21.0 Å². The van der Waals surface area contributed by atoms with Crippen LogP contribution in [0.2, 0.25) is 36.3 Å². The first kappa shape index (κ1) is 72.1. The van der Waals surface area contributed by atoms with Gasteiger partial charge in [-0.15, -0.1) is 0 Å². The Balaban J connectivity index is 0.000000470. The molecule has 0 spiro atoms. The first-order valence-electron chi connectivity index (χ1n) is 28.0. The molecule has 0 saturated heterocycles. The summed E-state index contributed by atoms with van der Waals surface area (Å²) in [6, 6.07) is 30.6. The predicted molar refractivity (Wildman–Crippen MR) is 330 cm³/mol. The molecule has 4 rings (SSSR count). The highest BCUT2D eigenvalue weighted by atomic mass is 28.4. The number of carboxylic acid groups (broad SMARTS) is 1. The molecule has 4 aromatic rings. The van der Waals surface area contributed by atoms with Gasteiger partial charge in [0.05, 0.1) is 39.3 Å². The molecule has 0 heterocycles. The fourth-order valence-corrected chi connectivity index (χ4v) is 8.72. The minimum absolute atomic E-state index is 0.00912. The van der Waals surface area contributed by atoms with Crippen molar-refractivity contribution in [3.8, 4) is 0 Å². The molecule has 21 heteroatoms. The second kappa shape index (κ2) is 35.2. The Morgan fingerprint density at radius 3 is 1.25 bits per heavy atom. The molecule has 0 fully saturated rings. The van der Waals surface area contributed by atoms with Gasteiger partial charge in [0.1, 0.15) is 19.8 Å². The first-order chi connectivity index (χ1) is 38.8. The zero-order chi connectivity index (χ0) is 62.6. The Hall–Kier alpha value is -7.05. The van der Waals surface area contributed by atoms with Crippen molar-refractivity contribution in [2.75, 3.05) is 50.1 Å². The number of Topliss-reactive ketones (excluding diaryl/α,β-unsaturated/α-hetero) is 2. The number of aliphatic carboxylic acids is 1. The van der Waals surface area contributed by atoms with Crippen LogP contribution in [0.15, 0.2) is 97.1 Å². The highest BCUT2D eigenvalue weighted by Gasteiger charge is 2.38. The molecule has 5 amide bonds. The van der Waals surface area contributed by atoms with Gasteiger partial charge in [-0.3, -0.25) is 28.8 Å². The molecule has 0 aliphatic rings. The number of hydrogen-bond acceptors (Lipinski definition) is 13. The van der Waals surface area contributed by atoms with Crippen molar-refractivity contribution in [2.24, 2.45) is 5.73 Å². The van der Waals surface area contributed by atoms with Crippen molar-refractivity contribution >= 4 is 75.5 Å². The molecular formula is C62H92N6O13Si2. The number of amides is 5. The fraction of sp³-hybridized carbons (Fsp3) is 0.484. The molecule has 0 unspecified atom stereocenters. The van der Waals surface area contributed by atoms with Crippen LogP contribution in [-0.4, -0.2) is 109 Å². The predicted octanol–water partition coefficient (Wildman–Crippen LogP) is 10.2. The number of rotatable bonds is 27. The second-order valence-electron chi connectivity index (χ2n) is 23.0. The van der Waals surface area contributed by atoms with Gasteiger partial charge in [0, 0.05) is 44.7 Å². The Morgan fingerprint density at radius 2 is 0.867 bits per heavy atom. The van der Waals surface area contributed by atoms with E-state index in [0.29, 0.717) is 13.2 Å². The summed E-state index contributed by atoms with van der Waals surface area (Å²) >= 11 is 0. The number of likely N-dealkylation sites (N-methyl/N-ethyl adjacent to an activating group) is 1. The molecule has 0 bridgehead atoms. The van der Waals surface area contributed by atoms with E-state index in [2.05, 4.69) is 110 Å². The number of nitrogens with two attached hydrogens (primary N) is 1. The Kier molecular flexibility index (Phi) is 30.5. The first-order valence-corrected chi connectivity index (χ1v) is 33.8. The van der Waals surface area contributed by atoms with Crippen LogP contribution in [0, 0.1) is 0 Å². The second-order valence-corrected chi connectivity index (χ2v) is 32.6. The monoisotopic (exact) mass is 1180 g/mol. The molecule has 4 aromatic carbocycles. The van der Waals surface area contributed by atoms with Gasteiger partial charge in [0.25, 0.3) is 0 Å². The third kappa shape index (κ3) is 27.7. The maximum atomic E-state index is 12.9. The maximum Gasteiger partial charge on any atom is 0.407 e. The van der Waals surface area contributed by atoms with E-state index >= 15 is 0 Å². The lowest BCUT2D eigenvalue weighted by Gasteiger charge is -2.36. The van der Waals surface area contributed by atoms with Crippen molar-refractivity contribution in [3.63, 3.8) is 0 Å². The van der Waals surface area contributed by atoms with Gasteiger partial charge < -0.3 is 54.9 Å². The third-order valence-electron chi connectivity index (χ3n) is 14.4. The van der Waals surface area contributed by atoms with Crippen molar-refractivity contribution in [1.82, 2.24) is 16.0 Å². The standard InChI is InChI=1S/C31H45N3O6Si.C18H32N2O2Si.C13H15NO5/c1-8-23-16-25(22-40-41(6,7)31(2,3)4)18-26(17-23)34(5)29(37)15-14-27(35)19-32-28(36)20-33-30(38)39-21-24-12-10-9-11-13-24;1-8-14-9-15(13-22-23(6,7)18(2,3)4)11-16(10-14)20(5)17(21)12-19;15-11(6-7-12(16)17)8-14-13(18)19-9-10-4-2-1-3-5-10/h9-13,16-18H,8,14-15,19-22H2,1-7H3,(H,32,36)(H,33,38);9-11H,8,12-13,19H2,1-7H3;1-5H,6-9H2,(H,14,18)(H,16,17). The van der Waals surface area contributed by atoms with Gasteiger partial charge in [0.2, 0.25) is 17.7 Å². The van der Waals surface area contributed by atoms with Crippen LogP contribution >= 0.6 is 0 Å². The molecule has 0 atom stereocenters. The number of carbonyl (C=O) groups excluding carboxylic acids is 7. The number of carbonyl (C=O) groups is 8. The lowest BCUT2D eigenvalue weighted by molar-refractivity contribution is -0.138. The summed E-state index contributed by atoms with van der Waals surface area (Å²) in [7, 11) is -0.250. The number of nitrogens with zero attached hydrogens (tertiary/aromatic N) is 2. The zero-order valence-corrected chi connectivity index (χ0v) is 53.5. The number of ketones is 2. The Labute approximate surface area is 494 Å². The minimum atomic E-state index is -1.93. The van der Waals surface area contributed by atoms with Gasteiger partial charge >= 0.3 is 18.2 Å². The number of benzene rings is 4. The van der Waals surface area contributed by atoms with E-state index in [9.17, 15) is 38.4 Å². The topological polar surface area (TPSA) is 262 Å². The van der Waals surface area contributed by atoms with E-state index < -0.39 is 40.7 Å². The van der Waals surface area contributed by atoms with Crippen molar-refractivity contribution in [1.29, 1.82) is 0 Å². The molecule has 0 aromatic heterocycles. The quantitative estimate of drug-likeness (QED) is 0.0348. The lowest BCUT2D eigenvalue weighted by Crippen LogP contribution is -2.40. The highest BCUT2D eigenvalue weighted by Crippen LogP contribution is 2.38. The van der Waals surface area contributed by atoms with Crippen molar-refractivity contribution in [2.45, 2.75) is 157 Å². The summed E-state index contributed by atoms with van der Waals surface area (Å²) in [6.45, 7) is 26.9. The van der Waals surface area contributed by atoms with Crippen LogP contribution in [0.5, 0.6) is 0 Å². The summed E-state index contributed by atoms with van der Waals surface area (Å²) in [5, 5.41) is 15.7. The summed E-state index contributed by atoms with van der Waals surface area (Å²) in [4.78, 5) is 96.7. The van der Waals surface area contributed by atoms with E-state index in [-0.39, 0.29) is 98.5 Å². The number of hydrogen-bond donors (Lipinski definition) is 5. The fourth-order valence-electron chi connectivity index (χ4n) is 6.80. The molecule has 83 heavy (non-hydrogen) atoms. The molecule has 0 radical (unpaired) electrons. The van der Waals surface area contributed by atoms with Crippen LogP contribution in [0.1, 0.15) is 114 Å².